The SMILES string of the molecule is CC(=O)O[C@H]1CC[C@]2(C)[C@H]3CC=C4[C@@H]5C[C@@](C)(C(=O)OCCn6c(CCC(=O)O)cc7ccccc76)CC[C@]5(C)CC[C@@]4(C)[C@]3(C)CC[C@H]2C1(C)C. The third kappa shape index (κ3) is 5.68. The van der Waals surface area contributed by atoms with Crippen LogP contribution < -0.4 is 0 Å². The molecule has 5 aliphatic carbocycles. The van der Waals surface area contributed by atoms with Crippen LogP contribution in [0, 0.1) is 50.2 Å². The lowest BCUT2D eigenvalue weighted by Gasteiger charge is -2.71. The lowest BCUT2D eigenvalue weighted by molar-refractivity contribution is -0.212. The molecule has 0 spiro atoms. The number of allylic oxidation sites excluding steroid dienone is 2. The molecular formula is C45H63NO6. The molecule has 9 atom stereocenters. The van der Waals surface area contributed by atoms with Crippen LogP contribution in [0.1, 0.15) is 132 Å². The van der Waals surface area contributed by atoms with Gasteiger partial charge in [-0.25, -0.2) is 0 Å². The Morgan fingerprint density at radius 3 is 2.37 bits per heavy atom. The number of hydrogen-bond acceptors (Lipinski definition) is 5. The molecule has 5 aliphatic rings. The second kappa shape index (κ2) is 12.8. The number of aliphatic carboxylic acids is 1. The van der Waals surface area contributed by atoms with Gasteiger partial charge in [-0.1, -0.05) is 71.4 Å². The Morgan fingerprint density at radius 1 is 0.904 bits per heavy atom. The molecule has 4 saturated carbocycles. The molecule has 1 aromatic carbocycles. The van der Waals surface area contributed by atoms with Gasteiger partial charge in [0.2, 0.25) is 0 Å². The fraction of sp³-hybridized carbons (Fsp3) is 0.711. The van der Waals surface area contributed by atoms with Gasteiger partial charge in [0.05, 0.1) is 18.4 Å². The highest BCUT2D eigenvalue weighted by molar-refractivity contribution is 5.81. The summed E-state index contributed by atoms with van der Waals surface area (Å²) in [5.74, 6) is 0.365. The number of ether oxygens (including phenoxy) is 2. The molecular weight excluding hydrogens is 650 g/mol. The summed E-state index contributed by atoms with van der Waals surface area (Å²) in [7, 11) is 0. The van der Waals surface area contributed by atoms with Gasteiger partial charge >= 0.3 is 17.9 Å². The first-order chi connectivity index (χ1) is 24.4. The van der Waals surface area contributed by atoms with Crippen molar-refractivity contribution in [2.45, 2.75) is 145 Å². The van der Waals surface area contributed by atoms with E-state index < -0.39 is 11.4 Å². The van der Waals surface area contributed by atoms with Crippen LogP contribution in [0.3, 0.4) is 0 Å². The van der Waals surface area contributed by atoms with Crippen LogP contribution in [0.4, 0.5) is 0 Å². The molecule has 0 radical (unpaired) electrons. The van der Waals surface area contributed by atoms with Gasteiger partial charge in [0.1, 0.15) is 12.7 Å². The highest BCUT2D eigenvalue weighted by Crippen LogP contribution is 2.75. The molecule has 52 heavy (non-hydrogen) atoms. The van der Waals surface area contributed by atoms with Crippen LogP contribution in [0.2, 0.25) is 0 Å². The summed E-state index contributed by atoms with van der Waals surface area (Å²) in [5, 5.41) is 10.4. The van der Waals surface area contributed by atoms with E-state index in [1.165, 1.54) is 19.3 Å². The summed E-state index contributed by atoms with van der Waals surface area (Å²) in [6.45, 7) is 19.4. The summed E-state index contributed by atoms with van der Waals surface area (Å²) in [6, 6.07) is 10.2. The number of para-hydroxylation sites is 1. The van der Waals surface area contributed by atoms with E-state index in [1.807, 2.05) is 18.2 Å². The van der Waals surface area contributed by atoms with Crippen LogP contribution in [-0.4, -0.2) is 40.3 Å². The maximum atomic E-state index is 14.1. The van der Waals surface area contributed by atoms with Crippen molar-refractivity contribution in [3.8, 4) is 0 Å². The Kier molecular flexibility index (Phi) is 9.13. The third-order valence-electron chi connectivity index (χ3n) is 16.6. The van der Waals surface area contributed by atoms with Gasteiger partial charge in [0.15, 0.2) is 0 Å². The van der Waals surface area contributed by atoms with Crippen LogP contribution >= 0.6 is 0 Å². The number of fused-ring (bicyclic) bond motifs is 8. The van der Waals surface area contributed by atoms with E-state index in [1.54, 1.807) is 12.5 Å². The molecule has 7 heteroatoms. The summed E-state index contributed by atoms with van der Waals surface area (Å²) >= 11 is 0. The number of carbonyl (C=O) groups excluding carboxylic acids is 2. The third-order valence-corrected chi connectivity index (χ3v) is 16.6. The van der Waals surface area contributed by atoms with E-state index in [2.05, 4.69) is 71.2 Å². The zero-order chi connectivity index (χ0) is 37.5. The highest BCUT2D eigenvalue weighted by Gasteiger charge is 2.68. The van der Waals surface area contributed by atoms with E-state index in [9.17, 15) is 19.5 Å². The maximum Gasteiger partial charge on any atom is 0.311 e. The smallest absolute Gasteiger partial charge is 0.311 e. The first-order valence-electron chi connectivity index (χ1n) is 20.2. The molecule has 284 valence electrons. The Hall–Kier alpha value is -3.09. The fourth-order valence-electron chi connectivity index (χ4n) is 13.3. The number of carbonyl (C=O) groups is 3. The highest BCUT2D eigenvalue weighted by atomic mass is 16.5. The monoisotopic (exact) mass is 713 g/mol. The van der Waals surface area contributed by atoms with E-state index in [4.69, 9.17) is 9.47 Å². The van der Waals surface area contributed by atoms with Crippen molar-refractivity contribution in [1.29, 1.82) is 0 Å². The molecule has 0 aliphatic heterocycles. The molecule has 7 rings (SSSR count). The number of carboxylic acid groups (broad SMARTS) is 1. The van der Waals surface area contributed by atoms with Crippen molar-refractivity contribution in [2.75, 3.05) is 6.61 Å². The number of aryl methyl sites for hydroxylation is 1. The zero-order valence-corrected chi connectivity index (χ0v) is 33.1. The number of esters is 2. The predicted octanol–water partition coefficient (Wildman–Crippen LogP) is 9.94. The van der Waals surface area contributed by atoms with E-state index in [0.717, 1.165) is 61.5 Å². The average molecular weight is 714 g/mol. The fourth-order valence-corrected chi connectivity index (χ4v) is 13.3. The normalized spacial score (nSPS) is 39.3. The van der Waals surface area contributed by atoms with E-state index in [-0.39, 0.29) is 58.1 Å². The van der Waals surface area contributed by atoms with Crippen LogP contribution in [0.15, 0.2) is 42.0 Å². The quantitative estimate of drug-likeness (QED) is 0.216. The molecule has 0 bridgehead atoms. The van der Waals surface area contributed by atoms with Gasteiger partial charge in [-0.3, -0.25) is 14.4 Å². The molecule has 1 aromatic heterocycles. The molecule has 0 unspecified atom stereocenters. The molecule has 7 nitrogen and oxygen atoms in total. The van der Waals surface area contributed by atoms with Gasteiger partial charge in [0, 0.05) is 23.5 Å². The maximum absolute atomic E-state index is 14.1. The van der Waals surface area contributed by atoms with Crippen molar-refractivity contribution in [3.05, 3.63) is 47.7 Å². The first-order valence-corrected chi connectivity index (χ1v) is 20.2. The van der Waals surface area contributed by atoms with Gasteiger partial charge in [-0.2, -0.15) is 0 Å². The predicted molar refractivity (Wildman–Crippen MR) is 203 cm³/mol. The van der Waals surface area contributed by atoms with Crippen LogP contribution in [0.5, 0.6) is 0 Å². The minimum Gasteiger partial charge on any atom is -0.481 e. The van der Waals surface area contributed by atoms with Crippen molar-refractivity contribution >= 4 is 28.8 Å². The molecule has 0 saturated heterocycles. The largest absolute Gasteiger partial charge is 0.481 e. The molecule has 4 fully saturated rings. The number of nitrogens with zero attached hydrogens (tertiary/aromatic N) is 1. The second-order valence-corrected chi connectivity index (χ2v) is 19.6. The van der Waals surface area contributed by atoms with Crippen molar-refractivity contribution in [1.82, 2.24) is 4.57 Å². The summed E-state index contributed by atoms with van der Waals surface area (Å²) in [4.78, 5) is 37.6. The first kappa shape index (κ1) is 37.2. The zero-order valence-electron chi connectivity index (χ0n) is 33.1. The van der Waals surface area contributed by atoms with Crippen molar-refractivity contribution < 1.29 is 29.0 Å². The van der Waals surface area contributed by atoms with Gasteiger partial charge in [0.25, 0.3) is 0 Å². The molecule has 2 aromatic rings. The minimum absolute atomic E-state index is 0.0191. The number of benzene rings is 1. The summed E-state index contributed by atoms with van der Waals surface area (Å²) < 4.78 is 14.2. The Bertz CT molecular complexity index is 1790. The second-order valence-electron chi connectivity index (χ2n) is 19.6. The number of rotatable bonds is 8. The summed E-state index contributed by atoms with van der Waals surface area (Å²) in [5.41, 5.74) is 3.63. The van der Waals surface area contributed by atoms with Crippen LogP contribution in [-0.2, 0) is 36.8 Å². The van der Waals surface area contributed by atoms with Gasteiger partial charge < -0.3 is 19.1 Å². The lowest BCUT2D eigenvalue weighted by atomic mass is 9.33. The summed E-state index contributed by atoms with van der Waals surface area (Å²) in [6.07, 6.45) is 13.7. The number of carboxylic acids is 1. The van der Waals surface area contributed by atoms with E-state index >= 15 is 0 Å². The topological polar surface area (TPSA) is 94.8 Å². The van der Waals surface area contributed by atoms with Gasteiger partial charge in [-0.15, -0.1) is 0 Å². The number of hydrogen-bond donors (Lipinski definition) is 1. The van der Waals surface area contributed by atoms with Crippen molar-refractivity contribution in [3.63, 3.8) is 0 Å². The molecule has 1 heterocycles. The Morgan fingerprint density at radius 2 is 1.63 bits per heavy atom. The van der Waals surface area contributed by atoms with Crippen LogP contribution in [0.25, 0.3) is 10.9 Å². The molecule has 0 amide bonds. The molecule has 1 N–H and O–H groups in total. The lowest BCUT2D eigenvalue weighted by Crippen LogP contribution is -2.64. The Balaban J connectivity index is 1.10. The average Bonchev–Trinajstić information content (AvgIpc) is 3.43. The minimum atomic E-state index is -0.814. The number of aromatic nitrogens is 1. The Labute approximate surface area is 311 Å². The van der Waals surface area contributed by atoms with Gasteiger partial charge in [-0.05, 0) is 134 Å². The van der Waals surface area contributed by atoms with E-state index in [0.29, 0.717) is 30.7 Å². The standard InChI is InChI=1S/C45H63NO6/c1-29(47)52-37-18-19-43(6)35(40(37,2)3)17-20-45(8)36(43)15-14-32-33-28-42(5,22-21-41(33,4)23-24-44(32,45)7)39(50)51-26-25-46-31(13-16-38(48)49)27-30-11-9-10-12-34(30)46/h9-12,14,27,33,35-37H,13,15-26,28H2,1-8H3,(H,48,49)/t33-,35-,36+,37-,41+,42-,43-,44+,45+/m0/s1. The van der Waals surface area contributed by atoms with Crippen molar-refractivity contribution in [2.24, 2.45) is 50.2 Å².